The van der Waals surface area contributed by atoms with E-state index in [2.05, 4.69) is 10.6 Å². The van der Waals surface area contributed by atoms with Crippen molar-refractivity contribution in [1.82, 2.24) is 10.6 Å². The van der Waals surface area contributed by atoms with Gasteiger partial charge in [-0.3, -0.25) is 9.59 Å². The van der Waals surface area contributed by atoms with Gasteiger partial charge in [0, 0.05) is 12.0 Å². The Kier molecular flexibility index (Phi) is 7.71. The minimum atomic E-state index is -0.811. The Hall–Kier alpha value is -3.73. The minimum absolute atomic E-state index is 0.321. The number of hydrogen-bond acceptors (Lipinski definition) is 3. The molecule has 0 heterocycles. The lowest BCUT2D eigenvalue weighted by atomic mass is 10.0. The monoisotopic (exact) mass is 414 g/mol. The minimum Gasteiger partial charge on any atom is -0.344 e. The summed E-state index contributed by atoms with van der Waals surface area (Å²) in [6.07, 6.45) is 1.44. The standard InChI is InChI=1S/C26H26N2O3/c1-19-9-8-14-22(15-19)25(30)28-24(17-21-12-6-3-7-13-21)26(31)27-23(18-29)16-20-10-4-2-5-11-20/h2-15,18,23-24H,16-17H2,1H3,(H,27,31)(H,28,30)/t23-,24-/m0/s1. The molecule has 0 fully saturated rings. The molecule has 31 heavy (non-hydrogen) atoms. The molecule has 2 N–H and O–H groups in total. The molecule has 5 nitrogen and oxygen atoms in total. The van der Waals surface area contributed by atoms with E-state index in [0.29, 0.717) is 18.4 Å². The van der Waals surface area contributed by atoms with Gasteiger partial charge in [0.2, 0.25) is 5.91 Å². The molecule has 3 rings (SSSR count). The molecule has 0 unspecified atom stereocenters. The maximum atomic E-state index is 13.1. The fraction of sp³-hybridized carbons (Fsp3) is 0.192. The maximum absolute atomic E-state index is 13.1. The molecule has 0 aliphatic carbocycles. The Bertz CT molecular complexity index is 1020. The van der Waals surface area contributed by atoms with Gasteiger partial charge in [-0.05, 0) is 36.6 Å². The Balaban J connectivity index is 1.75. The molecule has 0 aromatic heterocycles. The zero-order valence-electron chi connectivity index (χ0n) is 17.5. The van der Waals surface area contributed by atoms with Crippen LogP contribution in [0.2, 0.25) is 0 Å². The lowest BCUT2D eigenvalue weighted by Gasteiger charge is -2.21. The zero-order chi connectivity index (χ0) is 22.1. The van der Waals surface area contributed by atoms with Crippen molar-refractivity contribution in [2.24, 2.45) is 0 Å². The first-order chi connectivity index (χ1) is 15.0. The number of carbonyl (C=O) groups is 3. The molecule has 0 saturated carbocycles. The van der Waals surface area contributed by atoms with Crippen LogP contribution in [0.15, 0.2) is 84.9 Å². The summed E-state index contributed by atoms with van der Waals surface area (Å²) < 4.78 is 0. The van der Waals surface area contributed by atoms with Crippen molar-refractivity contribution < 1.29 is 14.4 Å². The number of amides is 2. The zero-order valence-corrected chi connectivity index (χ0v) is 17.5. The number of hydrogen-bond donors (Lipinski definition) is 2. The van der Waals surface area contributed by atoms with Gasteiger partial charge in [-0.2, -0.15) is 0 Å². The van der Waals surface area contributed by atoms with E-state index >= 15 is 0 Å². The van der Waals surface area contributed by atoms with E-state index in [1.54, 1.807) is 18.2 Å². The third kappa shape index (κ3) is 6.64. The van der Waals surface area contributed by atoms with Crippen LogP contribution in [-0.4, -0.2) is 30.2 Å². The first-order valence-corrected chi connectivity index (χ1v) is 10.3. The van der Waals surface area contributed by atoms with Gasteiger partial charge in [0.1, 0.15) is 12.3 Å². The van der Waals surface area contributed by atoms with E-state index < -0.39 is 18.0 Å². The summed E-state index contributed by atoms with van der Waals surface area (Å²) in [5.74, 6) is -0.719. The molecule has 5 heteroatoms. The SMILES string of the molecule is Cc1cccc(C(=O)N[C@@H](Cc2ccccc2)C(=O)N[C@H](C=O)Cc2ccccc2)c1. The molecular weight excluding hydrogens is 388 g/mol. The van der Waals surface area contributed by atoms with E-state index in [1.807, 2.05) is 73.7 Å². The van der Waals surface area contributed by atoms with Crippen molar-refractivity contribution in [3.05, 3.63) is 107 Å². The Labute approximate surface area is 182 Å². The lowest BCUT2D eigenvalue weighted by molar-refractivity contribution is -0.125. The van der Waals surface area contributed by atoms with Crippen LogP contribution in [0.4, 0.5) is 0 Å². The molecule has 0 aliphatic heterocycles. The van der Waals surface area contributed by atoms with Gasteiger partial charge in [0.05, 0.1) is 6.04 Å². The highest BCUT2D eigenvalue weighted by molar-refractivity contribution is 5.98. The number of carbonyl (C=O) groups excluding carboxylic acids is 3. The average molecular weight is 415 g/mol. The van der Waals surface area contributed by atoms with Crippen LogP contribution < -0.4 is 10.6 Å². The van der Waals surface area contributed by atoms with Gasteiger partial charge < -0.3 is 15.4 Å². The fourth-order valence-electron chi connectivity index (χ4n) is 3.37. The number of nitrogens with one attached hydrogen (secondary N) is 2. The molecule has 2 atom stereocenters. The van der Waals surface area contributed by atoms with Crippen LogP contribution in [0.25, 0.3) is 0 Å². The first kappa shape index (κ1) is 22.0. The fourth-order valence-corrected chi connectivity index (χ4v) is 3.37. The quantitative estimate of drug-likeness (QED) is 0.528. The van der Waals surface area contributed by atoms with E-state index in [4.69, 9.17) is 0 Å². The number of aldehydes is 1. The smallest absolute Gasteiger partial charge is 0.251 e. The predicted molar refractivity (Wildman–Crippen MR) is 121 cm³/mol. The summed E-state index contributed by atoms with van der Waals surface area (Å²) in [5.41, 5.74) is 3.31. The molecule has 3 aromatic carbocycles. The van der Waals surface area contributed by atoms with Crippen LogP contribution in [0.5, 0.6) is 0 Å². The van der Waals surface area contributed by atoms with Crippen molar-refractivity contribution >= 4 is 18.1 Å². The van der Waals surface area contributed by atoms with Crippen LogP contribution in [-0.2, 0) is 22.4 Å². The van der Waals surface area contributed by atoms with Crippen molar-refractivity contribution in [1.29, 1.82) is 0 Å². The van der Waals surface area contributed by atoms with E-state index in [9.17, 15) is 14.4 Å². The summed E-state index contributed by atoms with van der Waals surface area (Å²) in [6.45, 7) is 1.91. The molecule has 2 amide bonds. The predicted octanol–water partition coefficient (Wildman–Crippen LogP) is 3.26. The van der Waals surface area contributed by atoms with Gasteiger partial charge in [0.15, 0.2) is 0 Å². The summed E-state index contributed by atoms with van der Waals surface area (Å²) >= 11 is 0. The second kappa shape index (κ2) is 10.9. The Morgan fingerprint density at radius 2 is 1.42 bits per heavy atom. The van der Waals surface area contributed by atoms with E-state index in [1.165, 1.54) is 0 Å². The molecule has 158 valence electrons. The maximum Gasteiger partial charge on any atom is 0.251 e. The number of rotatable bonds is 9. The largest absolute Gasteiger partial charge is 0.344 e. The highest BCUT2D eigenvalue weighted by Crippen LogP contribution is 2.08. The third-order valence-corrected chi connectivity index (χ3v) is 4.98. The van der Waals surface area contributed by atoms with Gasteiger partial charge in [-0.1, -0.05) is 78.4 Å². The lowest BCUT2D eigenvalue weighted by Crippen LogP contribution is -2.51. The Morgan fingerprint density at radius 3 is 2.00 bits per heavy atom. The number of benzene rings is 3. The summed E-state index contributed by atoms with van der Waals surface area (Å²) in [4.78, 5) is 37.4. The summed E-state index contributed by atoms with van der Waals surface area (Å²) in [7, 11) is 0. The second-order valence-corrected chi connectivity index (χ2v) is 7.53. The van der Waals surface area contributed by atoms with Gasteiger partial charge in [-0.25, -0.2) is 0 Å². The normalized spacial score (nSPS) is 12.4. The Morgan fingerprint density at radius 1 is 0.806 bits per heavy atom. The molecule has 0 saturated heterocycles. The van der Waals surface area contributed by atoms with Crippen molar-refractivity contribution in [2.45, 2.75) is 31.8 Å². The summed E-state index contributed by atoms with van der Waals surface area (Å²) in [5, 5.41) is 5.62. The van der Waals surface area contributed by atoms with Crippen LogP contribution in [0.3, 0.4) is 0 Å². The molecule has 0 spiro atoms. The molecule has 0 radical (unpaired) electrons. The van der Waals surface area contributed by atoms with Gasteiger partial charge in [0.25, 0.3) is 5.91 Å². The topological polar surface area (TPSA) is 75.3 Å². The number of aryl methyl sites for hydroxylation is 1. The van der Waals surface area contributed by atoms with Crippen molar-refractivity contribution in [3.8, 4) is 0 Å². The van der Waals surface area contributed by atoms with E-state index in [0.717, 1.165) is 23.0 Å². The molecule has 0 aliphatic rings. The third-order valence-electron chi connectivity index (χ3n) is 4.98. The van der Waals surface area contributed by atoms with Crippen molar-refractivity contribution in [2.75, 3.05) is 0 Å². The van der Waals surface area contributed by atoms with Crippen LogP contribution >= 0.6 is 0 Å². The first-order valence-electron chi connectivity index (χ1n) is 10.3. The van der Waals surface area contributed by atoms with Crippen LogP contribution in [0, 0.1) is 6.92 Å². The van der Waals surface area contributed by atoms with Gasteiger partial charge in [-0.15, -0.1) is 0 Å². The molecular formula is C26H26N2O3. The summed E-state index contributed by atoms with van der Waals surface area (Å²) in [6, 6.07) is 24.7. The highest BCUT2D eigenvalue weighted by atomic mass is 16.2. The second-order valence-electron chi connectivity index (χ2n) is 7.53. The van der Waals surface area contributed by atoms with Crippen molar-refractivity contribution in [3.63, 3.8) is 0 Å². The average Bonchev–Trinajstić information content (AvgIpc) is 2.79. The van der Waals surface area contributed by atoms with Gasteiger partial charge >= 0.3 is 0 Å². The molecule has 0 bridgehead atoms. The van der Waals surface area contributed by atoms with Crippen LogP contribution in [0.1, 0.15) is 27.0 Å². The molecule has 3 aromatic rings. The highest BCUT2D eigenvalue weighted by Gasteiger charge is 2.24. The van der Waals surface area contributed by atoms with E-state index in [-0.39, 0.29) is 5.91 Å².